The number of fused-ring (bicyclic) bond motifs is 3. The molecule has 4 aliphatic heterocycles. The molecule has 0 unspecified atom stereocenters. The Balaban J connectivity index is 1.02. The lowest BCUT2D eigenvalue weighted by Crippen LogP contribution is -2.56. The fraction of sp³-hybridized carbons (Fsp3) is 0.500. The predicted octanol–water partition coefficient (Wildman–Crippen LogP) is 6.61. The van der Waals surface area contributed by atoms with Crippen LogP contribution in [-0.4, -0.2) is 124 Å². The molecule has 55 heavy (non-hydrogen) atoms. The van der Waals surface area contributed by atoms with E-state index in [1.807, 2.05) is 45.9 Å². The number of pyridine rings is 1. The molecule has 288 valence electrons. The highest BCUT2D eigenvalue weighted by Gasteiger charge is 2.53. The highest BCUT2D eigenvalue weighted by atomic mass is 35.5. The summed E-state index contributed by atoms with van der Waals surface area (Å²) >= 11 is 6.67. The standard InChI is InChI=1S/C42H47ClF2N7O3/c1-49(30-10-2-3-21-54-25-30)17-6-13-34(53)50-19-20-52(41(26-50)15-16-41)39-32-23-46-37(31-11-4-8-28-9-5-12-33(43)35(28)31)36(45)38(32)47-40(48-39)55-27-42-14-7-18-51(42)24-29(44)22-42/h4-6,8-9,11-13,23,29-30H,1-3,7,10,14-22,24-27H2/q+1/b13-6+/t29-,30+,42+/m1/s1. The third-order valence-electron chi connectivity index (χ3n) is 12.5. The van der Waals surface area contributed by atoms with Gasteiger partial charge in [-0.3, -0.25) is 14.7 Å². The first kappa shape index (κ1) is 36.4. The number of hydrogen-bond donors (Lipinski definition) is 0. The lowest BCUT2D eigenvalue weighted by atomic mass is 9.95. The van der Waals surface area contributed by atoms with Crippen LogP contribution in [0.25, 0.3) is 32.9 Å². The molecule has 13 heteroatoms. The summed E-state index contributed by atoms with van der Waals surface area (Å²) in [6.07, 6.45) is 11.4. The van der Waals surface area contributed by atoms with Gasteiger partial charge in [-0.25, -0.2) is 13.4 Å². The topological polar surface area (TPSA) is 86.9 Å². The summed E-state index contributed by atoms with van der Waals surface area (Å²) < 4.78 is 45.8. The van der Waals surface area contributed by atoms with Gasteiger partial charge in [-0.15, -0.1) is 0 Å². The number of halogens is 3. The van der Waals surface area contributed by atoms with Gasteiger partial charge in [0.05, 0.1) is 16.5 Å². The van der Waals surface area contributed by atoms with E-state index in [1.165, 1.54) is 0 Å². The maximum atomic E-state index is 17.0. The molecule has 1 spiro atoms. The number of amides is 1. The minimum absolute atomic E-state index is 0.0396. The molecule has 10 nitrogen and oxygen atoms in total. The van der Waals surface area contributed by atoms with Crippen LogP contribution in [0.15, 0.2) is 54.7 Å². The molecule has 0 bridgehead atoms. The van der Waals surface area contributed by atoms with Gasteiger partial charge in [0.1, 0.15) is 43.1 Å². The first-order valence-electron chi connectivity index (χ1n) is 19.7. The molecule has 2 aromatic heterocycles. The van der Waals surface area contributed by atoms with E-state index in [0.29, 0.717) is 72.9 Å². The minimum atomic E-state index is -0.909. The average molecular weight is 771 g/mol. The number of carbonyl (C=O) groups is 1. The molecule has 3 atom stereocenters. The van der Waals surface area contributed by atoms with E-state index in [2.05, 4.69) is 16.5 Å². The Labute approximate surface area is 324 Å². The van der Waals surface area contributed by atoms with E-state index < -0.39 is 17.5 Å². The fourth-order valence-electron chi connectivity index (χ4n) is 9.41. The minimum Gasteiger partial charge on any atom is -0.461 e. The number of carbonyl (C=O) groups excluding carboxylic acids is 1. The second kappa shape index (κ2) is 14.7. The maximum absolute atomic E-state index is 17.0. The van der Waals surface area contributed by atoms with E-state index >= 15 is 4.39 Å². The van der Waals surface area contributed by atoms with Crippen LogP contribution in [0.4, 0.5) is 14.6 Å². The van der Waals surface area contributed by atoms with E-state index in [1.54, 1.807) is 18.3 Å². The second-order valence-electron chi connectivity index (χ2n) is 16.1. The van der Waals surface area contributed by atoms with Crippen LogP contribution in [0, 0.1) is 5.82 Å². The molecule has 1 amide bonds. The van der Waals surface area contributed by atoms with Crippen molar-refractivity contribution in [3.05, 3.63) is 65.6 Å². The Morgan fingerprint density at radius 2 is 1.96 bits per heavy atom. The van der Waals surface area contributed by atoms with Crippen LogP contribution >= 0.6 is 11.6 Å². The average Bonchev–Trinajstić information content (AvgIpc) is 3.83. The molecule has 2 aromatic carbocycles. The lowest BCUT2D eigenvalue weighted by molar-refractivity contribution is -0.552. The summed E-state index contributed by atoms with van der Waals surface area (Å²) in [5.41, 5.74) is 0.00920. The first-order chi connectivity index (χ1) is 26.7. The van der Waals surface area contributed by atoms with Crippen molar-refractivity contribution in [2.24, 2.45) is 0 Å². The summed E-state index contributed by atoms with van der Waals surface area (Å²) in [7, 11) is 0. The van der Waals surface area contributed by atoms with Crippen LogP contribution in [0.2, 0.25) is 5.02 Å². The third-order valence-corrected chi connectivity index (χ3v) is 12.8. The lowest BCUT2D eigenvalue weighted by Gasteiger charge is -2.43. The van der Waals surface area contributed by atoms with Crippen molar-refractivity contribution in [2.45, 2.75) is 74.7 Å². The molecule has 6 heterocycles. The van der Waals surface area contributed by atoms with Gasteiger partial charge >= 0.3 is 6.01 Å². The molecule has 5 fully saturated rings. The summed E-state index contributed by atoms with van der Waals surface area (Å²) in [5, 5.41) is 2.55. The van der Waals surface area contributed by atoms with Crippen molar-refractivity contribution < 1.29 is 27.6 Å². The van der Waals surface area contributed by atoms with E-state index in [-0.39, 0.29) is 41.3 Å². The quantitative estimate of drug-likeness (QED) is 0.107. The summed E-state index contributed by atoms with van der Waals surface area (Å²) in [6, 6.07) is 11.5. The smallest absolute Gasteiger partial charge is 0.319 e. The molecule has 4 aromatic rings. The van der Waals surface area contributed by atoms with Crippen LogP contribution in [0.1, 0.15) is 51.4 Å². The number of aromatic nitrogens is 3. The van der Waals surface area contributed by atoms with Crippen molar-refractivity contribution >= 4 is 51.7 Å². The largest absolute Gasteiger partial charge is 0.461 e. The Hall–Kier alpha value is -4.26. The van der Waals surface area contributed by atoms with Crippen molar-refractivity contribution in [3.63, 3.8) is 0 Å². The molecular formula is C42H47ClF2N7O3+. The number of anilines is 1. The Morgan fingerprint density at radius 3 is 2.82 bits per heavy atom. The molecule has 5 aliphatic rings. The monoisotopic (exact) mass is 770 g/mol. The highest BCUT2D eigenvalue weighted by Crippen LogP contribution is 2.48. The van der Waals surface area contributed by atoms with Gasteiger partial charge < -0.3 is 19.3 Å². The highest BCUT2D eigenvalue weighted by molar-refractivity contribution is 6.36. The van der Waals surface area contributed by atoms with E-state index in [4.69, 9.17) is 36.0 Å². The fourth-order valence-corrected chi connectivity index (χ4v) is 9.69. The number of benzene rings is 2. The Kier molecular flexibility index (Phi) is 9.71. The second-order valence-corrected chi connectivity index (χ2v) is 16.5. The van der Waals surface area contributed by atoms with Crippen molar-refractivity contribution in [1.29, 1.82) is 0 Å². The number of alkyl halides is 1. The number of nitrogens with zero attached hydrogens (tertiary/aromatic N) is 7. The number of ether oxygens (including phenoxy) is 2. The zero-order valence-electron chi connectivity index (χ0n) is 31.1. The normalized spacial score (nSPS) is 25.2. The van der Waals surface area contributed by atoms with Gasteiger partial charge in [0, 0.05) is 73.9 Å². The summed E-state index contributed by atoms with van der Waals surface area (Å²) in [5.74, 6) is -0.104. The number of hydrogen-bond acceptors (Lipinski definition) is 8. The zero-order chi connectivity index (χ0) is 37.7. The first-order valence-corrected chi connectivity index (χ1v) is 20.1. The molecule has 9 rings (SSSR count). The van der Waals surface area contributed by atoms with Crippen molar-refractivity contribution in [2.75, 3.05) is 64.0 Å². The van der Waals surface area contributed by atoms with Gasteiger partial charge in [-0.2, -0.15) is 9.97 Å². The van der Waals surface area contributed by atoms with Gasteiger partial charge in [-0.1, -0.05) is 41.9 Å². The molecule has 0 radical (unpaired) electrons. The van der Waals surface area contributed by atoms with Gasteiger partial charge in [0.2, 0.25) is 5.91 Å². The van der Waals surface area contributed by atoms with Crippen molar-refractivity contribution in [3.8, 4) is 17.3 Å². The maximum Gasteiger partial charge on any atom is 0.319 e. The van der Waals surface area contributed by atoms with Crippen LogP contribution in [0.3, 0.4) is 0 Å². The van der Waals surface area contributed by atoms with E-state index in [0.717, 1.165) is 63.5 Å². The number of rotatable bonds is 9. The molecule has 0 N–H and O–H groups in total. The summed E-state index contributed by atoms with van der Waals surface area (Å²) in [6.45, 7) is 9.15. The number of piperazine rings is 1. The Morgan fingerprint density at radius 1 is 1.11 bits per heavy atom. The van der Waals surface area contributed by atoms with Crippen LogP contribution < -0.4 is 9.64 Å². The van der Waals surface area contributed by atoms with E-state index in [9.17, 15) is 9.18 Å². The molecular weight excluding hydrogens is 724 g/mol. The van der Waals surface area contributed by atoms with Gasteiger partial charge in [0.15, 0.2) is 18.4 Å². The van der Waals surface area contributed by atoms with Crippen molar-refractivity contribution in [1.82, 2.24) is 24.8 Å². The molecule has 1 saturated carbocycles. The molecule has 4 saturated heterocycles. The molecule has 1 aliphatic carbocycles. The van der Waals surface area contributed by atoms with Gasteiger partial charge in [0.25, 0.3) is 0 Å². The van der Waals surface area contributed by atoms with Crippen LogP contribution in [0.5, 0.6) is 6.01 Å². The SMILES string of the molecule is C=[N+](C/C=C/C(=O)N1CCN(c2nc(OC[C@@]34CCCN3C[C@H](F)C4)nc3c(F)c(-c4cccc5cccc(Cl)c45)ncc23)C2(CC2)C1)[C@H]1CCCCOC1. The third kappa shape index (κ3) is 6.84. The van der Waals surface area contributed by atoms with Crippen LogP contribution in [-0.2, 0) is 9.53 Å². The Bertz CT molecular complexity index is 2170. The zero-order valence-corrected chi connectivity index (χ0v) is 31.8. The predicted molar refractivity (Wildman–Crippen MR) is 210 cm³/mol. The van der Waals surface area contributed by atoms with Gasteiger partial charge in [-0.05, 0) is 62.6 Å². The summed E-state index contributed by atoms with van der Waals surface area (Å²) in [4.78, 5) is 34.1.